The van der Waals surface area contributed by atoms with Gasteiger partial charge in [0.2, 0.25) is 0 Å². The van der Waals surface area contributed by atoms with Gasteiger partial charge in [0.15, 0.2) is 5.96 Å². The van der Waals surface area contributed by atoms with Crippen LogP contribution in [0.15, 0.2) is 35.6 Å². The summed E-state index contributed by atoms with van der Waals surface area (Å²) < 4.78 is 1.89. The zero-order valence-electron chi connectivity index (χ0n) is 17.7. The number of nitrogens with zero attached hydrogens (tertiary/aromatic N) is 4. The molecule has 0 radical (unpaired) electrons. The predicted molar refractivity (Wildman–Crippen MR) is 130 cm³/mol. The normalized spacial score (nSPS) is 17.0. The minimum atomic E-state index is 0. The van der Waals surface area contributed by atoms with Crippen molar-refractivity contribution in [2.45, 2.75) is 39.7 Å². The van der Waals surface area contributed by atoms with Crippen LogP contribution in [0.25, 0.3) is 10.9 Å². The highest BCUT2D eigenvalue weighted by Gasteiger charge is 2.26. The first-order chi connectivity index (χ1) is 13.5. The average Bonchev–Trinajstić information content (AvgIpc) is 3.39. The van der Waals surface area contributed by atoms with Crippen molar-refractivity contribution in [3.8, 4) is 0 Å². The molecule has 6 nitrogen and oxygen atoms in total. The second-order valence-corrected chi connectivity index (χ2v) is 7.80. The molecular weight excluding hydrogens is 475 g/mol. The summed E-state index contributed by atoms with van der Waals surface area (Å²) >= 11 is 0. The molecule has 0 bridgehead atoms. The molecule has 1 atom stereocenters. The van der Waals surface area contributed by atoms with E-state index in [4.69, 9.17) is 4.99 Å². The molecule has 1 aromatic carbocycles. The molecule has 2 N–H and O–H groups in total. The molecule has 1 aliphatic heterocycles. The Hall–Kier alpha value is -2.03. The Bertz CT molecular complexity index is 1000. The van der Waals surface area contributed by atoms with Crippen molar-refractivity contribution in [1.29, 1.82) is 0 Å². The molecule has 3 heterocycles. The van der Waals surface area contributed by atoms with Crippen LogP contribution in [0.1, 0.15) is 41.6 Å². The van der Waals surface area contributed by atoms with Crippen molar-refractivity contribution in [2.24, 2.45) is 12.0 Å². The fourth-order valence-electron chi connectivity index (χ4n) is 4.07. The highest BCUT2D eigenvalue weighted by molar-refractivity contribution is 14.0. The van der Waals surface area contributed by atoms with E-state index in [2.05, 4.69) is 65.5 Å². The summed E-state index contributed by atoms with van der Waals surface area (Å²) in [5, 5.41) is 9.10. The third kappa shape index (κ3) is 4.60. The Kier molecular flexibility index (Phi) is 6.87. The minimum Gasteiger partial charge on any atom is -0.358 e. The van der Waals surface area contributed by atoms with Gasteiger partial charge in [-0.25, -0.2) is 4.99 Å². The number of rotatable bonds is 4. The van der Waals surface area contributed by atoms with Crippen LogP contribution in [0.4, 0.5) is 0 Å². The first-order valence-corrected chi connectivity index (χ1v) is 10.1. The number of nitrogens with one attached hydrogen (secondary N) is 2. The number of halogens is 1. The first kappa shape index (κ1) is 21.7. The highest BCUT2D eigenvalue weighted by atomic mass is 127. The van der Waals surface area contributed by atoms with Gasteiger partial charge in [0.25, 0.3) is 0 Å². The Labute approximate surface area is 189 Å². The van der Waals surface area contributed by atoms with Gasteiger partial charge < -0.3 is 15.2 Å². The van der Waals surface area contributed by atoms with E-state index in [0.717, 1.165) is 32.0 Å². The van der Waals surface area contributed by atoms with Crippen LogP contribution >= 0.6 is 24.0 Å². The molecule has 0 aliphatic carbocycles. The molecule has 3 aromatic rings. The van der Waals surface area contributed by atoms with Gasteiger partial charge in [-0.2, -0.15) is 5.10 Å². The summed E-state index contributed by atoms with van der Waals surface area (Å²) in [6, 6.07) is 6.61. The summed E-state index contributed by atoms with van der Waals surface area (Å²) in [5.41, 5.74) is 6.33. The number of fused-ring (bicyclic) bond motifs is 1. The van der Waals surface area contributed by atoms with Gasteiger partial charge in [0.05, 0.1) is 12.7 Å². The van der Waals surface area contributed by atoms with Crippen molar-refractivity contribution in [3.05, 3.63) is 53.0 Å². The Balaban J connectivity index is 0.00000240. The van der Waals surface area contributed by atoms with Crippen LogP contribution in [0.3, 0.4) is 0 Å². The largest absolute Gasteiger partial charge is 0.358 e. The molecule has 0 saturated carbocycles. The lowest BCUT2D eigenvalue weighted by molar-refractivity contribution is 0.486. The molecule has 7 heteroatoms. The smallest absolute Gasteiger partial charge is 0.194 e. The van der Waals surface area contributed by atoms with Gasteiger partial charge in [-0.15, -0.1) is 24.0 Å². The Morgan fingerprint density at radius 1 is 1.34 bits per heavy atom. The number of likely N-dealkylation sites (tertiary alicyclic amines) is 1. The lowest BCUT2D eigenvalue weighted by Crippen LogP contribution is -2.40. The van der Waals surface area contributed by atoms with Crippen molar-refractivity contribution < 1.29 is 0 Å². The van der Waals surface area contributed by atoms with Gasteiger partial charge in [-0.3, -0.25) is 4.68 Å². The van der Waals surface area contributed by atoms with Crippen LogP contribution in [0.2, 0.25) is 0 Å². The summed E-state index contributed by atoms with van der Waals surface area (Å²) in [7, 11) is 1.98. The van der Waals surface area contributed by atoms with Gasteiger partial charge in [0.1, 0.15) is 0 Å². The topological polar surface area (TPSA) is 61.2 Å². The molecule has 1 aliphatic rings. The zero-order valence-corrected chi connectivity index (χ0v) is 20.0. The number of guanidine groups is 1. The fraction of sp³-hybridized carbons (Fsp3) is 0.455. The molecule has 0 spiro atoms. The number of aliphatic imine (C=N–C) groups is 1. The first-order valence-electron chi connectivity index (χ1n) is 10.1. The SMILES string of the molecule is CCNC(=NCc1ccc2[nH]c(C)c(C)c2c1)N1CCC(c2cnn(C)c2)C1.I. The van der Waals surface area contributed by atoms with E-state index >= 15 is 0 Å². The van der Waals surface area contributed by atoms with Crippen molar-refractivity contribution in [3.63, 3.8) is 0 Å². The summed E-state index contributed by atoms with van der Waals surface area (Å²) in [6.45, 7) is 10.0. The van der Waals surface area contributed by atoms with Crippen molar-refractivity contribution in [2.75, 3.05) is 19.6 Å². The predicted octanol–water partition coefficient (Wildman–Crippen LogP) is 4.09. The molecule has 29 heavy (non-hydrogen) atoms. The zero-order chi connectivity index (χ0) is 19.7. The number of aromatic amines is 1. The molecule has 2 aromatic heterocycles. The van der Waals surface area contributed by atoms with E-state index in [1.165, 1.54) is 33.3 Å². The number of hydrogen-bond acceptors (Lipinski definition) is 2. The lowest BCUT2D eigenvalue weighted by atomic mass is 10.0. The van der Waals surface area contributed by atoms with Crippen molar-refractivity contribution in [1.82, 2.24) is 25.0 Å². The summed E-state index contributed by atoms with van der Waals surface area (Å²) in [6.07, 6.45) is 5.27. The number of aryl methyl sites for hydroxylation is 3. The number of benzene rings is 1. The number of H-pyrrole nitrogens is 1. The van der Waals surface area contributed by atoms with Gasteiger partial charge >= 0.3 is 0 Å². The number of aromatic nitrogens is 3. The third-order valence-electron chi connectivity index (χ3n) is 5.80. The lowest BCUT2D eigenvalue weighted by Gasteiger charge is -2.21. The van der Waals surface area contributed by atoms with Gasteiger partial charge in [-0.05, 0) is 56.0 Å². The van der Waals surface area contributed by atoms with Crippen molar-refractivity contribution >= 4 is 40.8 Å². The molecule has 4 rings (SSSR count). The van der Waals surface area contributed by atoms with E-state index in [1.54, 1.807) is 0 Å². The van der Waals surface area contributed by atoms with Crippen LogP contribution in [-0.2, 0) is 13.6 Å². The van der Waals surface area contributed by atoms with Crippen LogP contribution in [0.5, 0.6) is 0 Å². The fourth-order valence-corrected chi connectivity index (χ4v) is 4.07. The molecule has 0 amide bonds. The third-order valence-corrected chi connectivity index (χ3v) is 5.80. The summed E-state index contributed by atoms with van der Waals surface area (Å²) in [4.78, 5) is 10.8. The monoisotopic (exact) mass is 506 g/mol. The highest BCUT2D eigenvalue weighted by Crippen LogP contribution is 2.27. The quantitative estimate of drug-likeness (QED) is 0.319. The average molecular weight is 506 g/mol. The van der Waals surface area contributed by atoms with Crippen LogP contribution < -0.4 is 5.32 Å². The Morgan fingerprint density at radius 3 is 2.90 bits per heavy atom. The van der Waals surface area contributed by atoms with E-state index in [1.807, 2.05) is 17.9 Å². The van der Waals surface area contributed by atoms with E-state index in [0.29, 0.717) is 12.5 Å². The van der Waals surface area contributed by atoms with E-state index in [9.17, 15) is 0 Å². The second-order valence-electron chi connectivity index (χ2n) is 7.80. The number of hydrogen-bond donors (Lipinski definition) is 2. The summed E-state index contributed by atoms with van der Waals surface area (Å²) in [5.74, 6) is 1.54. The molecular formula is C22H31IN6. The maximum absolute atomic E-state index is 4.94. The standard InChI is InChI=1S/C22H30N6.HI/c1-5-23-22(28-9-8-18(14-28)19-12-25-27(4)13-19)24-11-17-6-7-21-20(10-17)15(2)16(3)26-21;/h6-7,10,12-13,18,26H,5,8-9,11,14H2,1-4H3,(H,23,24);1H. The Morgan fingerprint density at radius 2 is 2.17 bits per heavy atom. The van der Waals surface area contributed by atoms with E-state index < -0.39 is 0 Å². The maximum Gasteiger partial charge on any atom is 0.194 e. The maximum atomic E-state index is 4.94. The van der Waals surface area contributed by atoms with Gasteiger partial charge in [0, 0.05) is 55.4 Å². The van der Waals surface area contributed by atoms with E-state index in [-0.39, 0.29) is 24.0 Å². The van der Waals surface area contributed by atoms with Gasteiger partial charge in [-0.1, -0.05) is 6.07 Å². The molecule has 1 fully saturated rings. The minimum absolute atomic E-state index is 0. The van der Waals surface area contributed by atoms with Crippen LogP contribution in [0, 0.1) is 13.8 Å². The molecule has 1 unspecified atom stereocenters. The second kappa shape index (κ2) is 9.19. The van der Waals surface area contributed by atoms with Crippen LogP contribution in [-0.4, -0.2) is 45.3 Å². The molecule has 156 valence electrons. The molecule has 1 saturated heterocycles.